The van der Waals surface area contributed by atoms with E-state index in [0.29, 0.717) is 24.3 Å². The van der Waals surface area contributed by atoms with Gasteiger partial charge in [-0.1, -0.05) is 104 Å². The zero-order valence-corrected chi connectivity index (χ0v) is 25.4. The van der Waals surface area contributed by atoms with Crippen molar-refractivity contribution in [2.24, 2.45) is 0 Å². The highest BCUT2D eigenvalue weighted by Gasteiger charge is 2.38. The Kier molecular flexibility index (Phi) is 21.8. The van der Waals surface area contributed by atoms with Gasteiger partial charge in [0.25, 0.3) is 0 Å². The van der Waals surface area contributed by atoms with Gasteiger partial charge in [-0.05, 0) is 38.5 Å². The second-order valence-electron chi connectivity index (χ2n) is 11.7. The number of hydrogen-bond acceptors (Lipinski definition) is 4. The molecule has 1 heterocycles. The van der Waals surface area contributed by atoms with Crippen molar-refractivity contribution < 1.29 is 23.5 Å². The van der Waals surface area contributed by atoms with Crippen LogP contribution in [0.25, 0.3) is 0 Å². The van der Waals surface area contributed by atoms with Crippen LogP contribution in [-0.4, -0.2) is 69.7 Å². The second kappa shape index (κ2) is 23.4. The fourth-order valence-corrected chi connectivity index (χ4v) is 5.58. The molecule has 0 aromatic heterocycles. The molecule has 0 bridgehead atoms. The monoisotopic (exact) mass is 526 g/mol. The van der Waals surface area contributed by atoms with Gasteiger partial charge in [-0.2, -0.15) is 0 Å². The number of quaternary nitrogens is 1. The molecule has 2 unspecified atom stereocenters. The lowest BCUT2D eigenvalue weighted by molar-refractivity contribution is -0.841. The summed E-state index contributed by atoms with van der Waals surface area (Å²) in [6.45, 7) is 8.15. The number of amides is 1. The number of unbranched alkanes of at least 4 members (excludes halogenated alkanes) is 13. The lowest BCUT2D eigenvalue weighted by Crippen LogP contribution is -2.56. The predicted molar refractivity (Wildman–Crippen MR) is 156 cm³/mol. The van der Waals surface area contributed by atoms with Gasteiger partial charge in [-0.25, -0.2) is 4.79 Å². The SMILES string of the molecule is CCCCCCCCCCCCCCCCC(COCCCOC(CC)C(=O)[N+]1(C)CCCCC1)OC. The van der Waals surface area contributed by atoms with E-state index >= 15 is 0 Å². The number of carbonyl (C=O) groups is 1. The Morgan fingerprint density at radius 2 is 1.27 bits per heavy atom. The van der Waals surface area contributed by atoms with E-state index in [2.05, 4.69) is 20.9 Å². The lowest BCUT2D eigenvalue weighted by Gasteiger charge is -2.37. The molecule has 0 aromatic carbocycles. The molecule has 0 saturated carbocycles. The molecule has 0 spiro atoms. The molecule has 5 nitrogen and oxygen atoms in total. The van der Waals surface area contributed by atoms with E-state index in [1.165, 1.54) is 96.3 Å². The van der Waals surface area contributed by atoms with E-state index in [9.17, 15) is 4.79 Å². The highest BCUT2D eigenvalue weighted by molar-refractivity contribution is 5.74. The highest BCUT2D eigenvalue weighted by atomic mass is 16.5. The molecule has 1 aliphatic rings. The summed E-state index contributed by atoms with van der Waals surface area (Å²) in [7, 11) is 3.88. The van der Waals surface area contributed by atoms with E-state index in [1.54, 1.807) is 7.11 Å². The quantitative estimate of drug-likeness (QED) is 0.0887. The Labute approximate surface area is 231 Å². The van der Waals surface area contributed by atoms with Crippen LogP contribution >= 0.6 is 0 Å². The van der Waals surface area contributed by atoms with Crippen LogP contribution in [-0.2, 0) is 19.0 Å². The Morgan fingerprint density at radius 1 is 0.730 bits per heavy atom. The van der Waals surface area contributed by atoms with Crippen molar-refractivity contribution in [3.63, 3.8) is 0 Å². The van der Waals surface area contributed by atoms with Crippen LogP contribution in [0.4, 0.5) is 0 Å². The molecule has 0 N–H and O–H groups in total. The summed E-state index contributed by atoms with van der Waals surface area (Å²) in [6.07, 6.45) is 25.5. The summed E-state index contributed by atoms with van der Waals surface area (Å²) in [5.74, 6) is 0.260. The Balaban J connectivity index is 1.95. The minimum absolute atomic E-state index is 0.187. The number of nitrogens with zero attached hydrogens (tertiary/aromatic N) is 1. The first kappa shape index (κ1) is 34.5. The maximum absolute atomic E-state index is 13.0. The number of methoxy groups -OCH3 is 1. The van der Waals surface area contributed by atoms with Gasteiger partial charge >= 0.3 is 5.91 Å². The molecule has 0 aromatic rings. The maximum Gasteiger partial charge on any atom is 0.342 e. The van der Waals surface area contributed by atoms with Crippen molar-refractivity contribution in [1.82, 2.24) is 0 Å². The minimum Gasteiger partial charge on any atom is -0.379 e. The van der Waals surface area contributed by atoms with Crippen LogP contribution < -0.4 is 0 Å². The first-order valence-electron chi connectivity index (χ1n) is 16.2. The number of carbonyl (C=O) groups excluding carboxylic acids is 1. The summed E-state index contributed by atoms with van der Waals surface area (Å²) in [6, 6.07) is 0. The molecule has 1 saturated heterocycles. The molecule has 5 heteroatoms. The van der Waals surface area contributed by atoms with E-state index in [1.807, 2.05) is 0 Å². The van der Waals surface area contributed by atoms with Crippen LogP contribution in [0.3, 0.4) is 0 Å². The van der Waals surface area contributed by atoms with Crippen LogP contribution in [0.1, 0.15) is 142 Å². The molecule has 1 amide bonds. The van der Waals surface area contributed by atoms with Gasteiger partial charge in [-0.3, -0.25) is 4.48 Å². The summed E-state index contributed by atoms with van der Waals surface area (Å²) >= 11 is 0. The van der Waals surface area contributed by atoms with Crippen LogP contribution in [0, 0.1) is 0 Å². The minimum atomic E-state index is -0.282. The van der Waals surface area contributed by atoms with E-state index in [0.717, 1.165) is 45.2 Å². The number of hydrogen-bond donors (Lipinski definition) is 0. The van der Waals surface area contributed by atoms with Crippen molar-refractivity contribution in [3.8, 4) is 0 Å². The molecule has 37 heavy (non-hydrogen) atoms. The van der Waals surface area contributed by atoms with Gasteiger partial charge in [0.15, 0.2) is 6.10 Å². The number of ether oxygens (including phenoxy) is 3. The molecule has 0 radical (unpaired) electrons. The normalized spacial score (nSPS) is 17.1. The zero-order chi connectivity index (χ0) is 27.0. The average Bonchev–Trinajstić information content (AvgIpc) is 2.91. The Bertz CT molecular complexity index is 521. The summed E-state index contributed by atoms with van der Waals surface area (Å²) in [5.41, 5.74) is 0. The van der Waals surface area contributed by atoms with Gasteiger partial charge in [0.05, 0.1) is 39.5 Å². The lowest BCUT2D eigenvalue weighted by atomic mass is 10.0. The van der Waals surface area contributed by atoms with Gasteiger partial charge < -0.3 is 14.2 Å². The molecule has 0 aliphatic carbocycles. The highest BCUT2D eigenvalue weighted by Crippen LogP contribution is 2.20. The third kappa shape index (κ3) is 16.9. The van der Waals surface area contributed by atoms with Gasteiger partial charge in [-0.15, -0.1) is 0 Å². The van der Waals surface area contributed by atoms with Crippen molar-refractivity contribution in [3.05, 3.63) is 0 Å². The van der Waals surface area contributed by atoms with E-state index in [4.69, 9.17) is 14.2 Å². The second-order valence-corrected chi connectivity index (χ2v) is 11.7. The third-order valence-electron chi connectivity index (χ3n) is 8.25. The summed E-state index contributed by atoms with van der Waals surface area (Å²) in [4.78, 5) is 13.0. The average molecular weight is 527 g/mol. The molecular weight excluding hydrogens is 462 g/mol. The molecule has 1 aliphatic heterocycles. The van der Waals surface area contributed by atoms with Gasteiger partial charge in [0, 0.05) is 13.7 Å². The topological polar surface area (TPSA) is 44.8 Å². The number of rotatable bonds is 25. The zero-order valence-electron chi connectivity index (χ0n) is 25.4. The fraction of sp³-hybridized carbons (Fsp3) is 0.969. The van der Waals surface area contributed by atoms with Gasteiger partial charge in [0.1, 0.15) is 0 Å². The molecule has 2 atom stereocenters. The fourth-order valence-electron chi connectivity index (χ4n) is 5.58. The van der Waals surface area contributed by atoms with Gasteiger partial charge in [0.2, 0.25) is 0 Å². The van der Waals surface area contributed by atoms with Crippen LogP contribution in [0.15, 0.2) is 0 Å². The number of piperidine rings is 1. The summed E-state index contributed by atoms with van der Waals surface area (Å²) in [5, 5.41) is 0. The van der Waals surface area contributed by atoms with E-state index < -0.39 is 0 Å². The molecule has 1 fully saturated rings. The van der Waals surface area contributed by atoms with Crippen LogP contribution in [0.2, 0.25) is 0 Å². The molecular formula is C32H64NO4+. The molecule has 1 rings (SSSR count). The first-order valence-corrected chi connectivity index (χ1v) is 16.2. The van der Waals surface area contributed by atoms with E-state index in [-0.39, 0.29) is 18.1 Å². The smallest absolute Gasteiger partial charge is 0.342 e. The largest absolute Gasteiger partial charge is 0.379 e. The van der Waals surface area contributed by atoms with Crippen molar-refractivity contribution in [2.45, 2.75) is 154 Å². The third-order valence-corrected chi connectivity index (χ3v) is 8.25. The molecule has 220 valence electrons. The Hall–Kier alpha value is -0.490. The predicted octanol–water partition coefficient (Wildman–Crippen LogP) is 8.23. The number of likely N-dealkylation sites (N-methyl/N-ethyl adjacent to an activating group) is 1. The van der Waals surface area contributed by atoms with Crippen molar-refractivity contribution >= 4 is 5.91 Å². The van der Waals surface area contributed by atoms with Crippen LogP contribution in [0.5, 0.6) is 0 Å². The summed E-state index contributed by atoms with van der Waals surface area (Å²) < 4.78 is 18.0. The maximum atomic E-state index is 13.0. The Morgan fingerprint density at radius 3 is 1.78 bits per heavy atom. The first-order chi connectivity index (χ1) is 18.1. The number of likely N-dealkylation sites (tertiary alicyclic amines) is 1. The van der Waals surface area contributed by atoms with Crippen molar-refractivity contribution in [2.75, 3.05) is 47.1 Å². The van der Waals surface area contributed by atoms with Crippen molar-refractivity contribution in [1.29, 1.82) is 0 Å². The standard InChI is InChI=1S/C32H64NO4/c1-5-7-8-9-10-11-12-13-14-15-16-17-18-20-24-30(35-4)29-36-27-23-28-37-31(6-2)32(34)33(3)25-21-19-22-26-33/h30-31H,5-29H2,1-4H3/q+1.